The molecule has 0 aliphatic carbocycles. The molecule has 0 N–H and O–H groups in total. The van der Waals surface area contributed by atoms with Gasteiger partial charge in [-0.3, -0.25) is 0 Å². The molecule has 15 heavy (non-hydrogen) atoms. The molecule has 0 atom stereocenters. The molecule has 0 aromatic carbocycles. The van der Waals surface area contributed by atoms with Crippen molar-refractivity contribution in [1.82, 2.24) is 0 Å². The Kier molecular flexibility index (Phi) is 8.73. The first-order chi connectivity index (χ1) is 6.54. The van der Waals surface area contributed by atoms with E-state index in [1.165, 1.54) is 4.89 Å². The SMILES string of the molecule is C[Si](C)([CH2][Sn]([CH3])([CH3])[CH2]I)[CH2][Sn]([CH3])([CH3])[CH2]I. The third-order valence-corrected chi connectivity index (χ3v) is 71.1. The molecule has 0 spiro atoms. The summed E-state index contributed by atoms with van der Waals surface area (Å²) < 4.78 is 6.48. The van der Waals surface area contributed by atoms with E-state index in [1.54, 1.807) is 8.12 Å². The molecule has 0 unspecified atom stereocenters. The van der Waals surface area contributed by atoms with Crippen LogP contribution in [0.5, 0.6) is 0 Å². The Balaban J connectivity index is 4.43. The Morgan fingerprint density at radius 2 is 1.07 bits per heavy atom. The second kappa shape index (κ2) is 7.16. The monoisotopic (exact) mass is 668 g/mol. The Hall–Kier alpha value is 3.27. The van der Waals surface area contributed by atoms with Crippen LogP contribution in [-0.2, 0) is 0 Å². The fourth-order valence-electron chi connectivity index (χ4n) is 2.75. The molecule has 5 heteroatoms. The standard InChI is InChI=1S/C4H10Si.2CH2I.4CH3.2Sn/c1-5(2,3)4;2*1-2;;;;;;/h1-2H2,3-4H3;2*1H2;4*1H3;;. The van der Waals surface area contributed by atoms with Crippen LogP contribution in [0, 0.1) is 0 Å². The topological polar surface area (TPSA) is 0 Å². The van der Waals surface area contributed by atoms with Crippen LogP contribution >= 0.6 is 45.2 Å². The predicted octanol–water partition coefficient (Wildman–Crippen LogP) is 5.14. The fourth-order valence-corrected chi connectivity index (χ4v) is 73.3. The van der Waals surface area contributed by atoms with Crippen molar-refractivity contribution < 1.29 is 0 Å². The van der Waals surface area contributed by atoms with Gasteiger partial charge in [0.2, 0.25) is 0 Å². The molecule has 0 aliphatic rings. The zero-order valence-corrected chi connectivity index (χ0v) is 22.1. The molecule has 0 amide bonds. The van der Waals surface area contributed by atoms with Crippen molar-refractivity contribution in [2.75, 3.05) is 4.89 Å². The van der Waals surface area contributed by atoms with Crippen molar-refractivity contribution in [2.45, 2.75) is 41.0 Å². The van der Waals surface area contributed by atoms with E-state index >= 15 is 0 Å². The van der Waals surface area contributed by atoms with E-state index in [0.29, 0.717) is 0 Å². The molecule has 0 heterocycles. The van der Waals surface area contributed by atoms with E-state index in [0.717, 1.165) is 0 Å². The van der Waals surface area contributed by atoms with Crippen LogP contribution in [0.25, 0.3) is 0 Å². The summed E-state index contributed by atoms with van der Waals surface area (Å²) in [4.78, 5) is 10.6. The van der Waals surface area contributed by atoms with Crippen LogP contribution in [0.3, 0.4) is 0 Å². The molecule has 0 aromatic rings. The summed E-state index contributed by atoms with van der Waals surface area (Å²) >= 11 is 2.15. The van der Waals surface area contributed by atoms with E-state index in [2.05, 4.69) is 78.0 Å². The molecule has 0 saturated carbocycles. The average Bonchev–Trinajstić information content (AvgIpc) is 2.00. The zero-order chi connectivity index (χ0) is 12.3. The van der Waals surface area contributed by atoms with Crippen LogP contribution in [-0.4, -0.2) is 49.7 Å². The van der Waals surface area contributed by atoms with Crippen LogP contribution in [0.4, 0.5) is 0 Å². The average molecular weight is 666 g/mol. The third-order valence-electron chi connectivity index (χ3n) is 2.64. The summed E-state index contributed by atoms with van der Waals surface area (Å²) in [6.07, 6.45) is 0. The van der Waals surface area contributed by atoms with E-state index in [9.17, 15) is 0 Å². The van der Waals surface area contributed by atoms with Gasteiger partial charge in [-0.05, 0) is 0 Å². The maximum atomic E-state index is 2.67. The Morgan fingerprint density at radius 3 is 1.27 bits per heavy atom. The van der Waals surface area contributed by atoms with Gasteiger partial charge in [0.15, 0.2) is 0 Å². The van der Waals surface area contributed by atoms with Gasteiger partial charge in [-0.15, -0.1) is 0 Å². The van der Waals surface area contributed by atoms with Gasteiger partial charge in [0, 0.05) is 0 Å². The van der Waals surface area contributed by atoms with Crippen LogP contribution in [0.1, 0.15) is 0 Å². The quantitative estimate of drug-likeness (QED) is 0.210. The van der Waals surface area contributed by atoms with Gasteiger partial charge >= 0.3 is 136 Å². The van der Waals surface area contributed by atoms with Gasteiger partial charge in [0.1, 0.15) is 0 Å². The summed E-state index contributed by atoms with van der Waals surface area (Å²) in [5.41, 5.74) is 0. The molecule has 92 valence electrons. The van der Waals surface area contributed by atoms with Gasteiger partial charge in [-0.2, -0.15) is 0 Å². The van der Waals surface area contributed by atoms with Crippen LogP contribution in [0.2, 0.25) is 41.0 Å². The first-order valence-electron chi connectivity index (χ1n) is 5.66. The van der Waals surface area contributed by atoms with Crippen molar-refractivity contribution >= 4 is 90.0 Å². The summed E-state index contributed by atoms with van der Waals surface area (Å²) in [6, 6.07) is 0. The molecular weight excluding hydrogens is 639 g/mol. The van der Waals surface area contributed by atoms with Crippen molar-refractivity contribution in [2.24, 2.45) is 0 Å². The maximum absolute atomic E-state index is 2.67. The Morgan fingerprint density at radius 1 is 0.800 bits per heavy atom. The minimum absolute atomic E-state index is 0.839. The Labute approximate surface area is 133 Å². The molecule has 0 nitrogen and oxygen atoms in total. The second-order valence-electron chi connectivity index (χ2n) is 7.11. The van der Waals surface area contributed by atoms with Gasteiger partial charge in [-0.25, -0.2) is 0 Å². The molecule has 0 bridgehead atoms. The van der Waals surface area contributed by atoms with Crippen LogP contribution < -0.4 is 0 Å². The van der Waals surface area contributed by atoms with Crippen molar-refractivity contribution in [3.8, 4) is 0 Å². The van der Waals surface area contributed by atoms with E-state index in [4.69, 9.17) is 0 Å². The summed E-state index contributed by atoms with van der Waals surface area (Å²) in [5.74, 6) is 0. The van der Waals surface area contributed by atoms with Crippen molar-refractivity contribution in [3.05, 3.63) is 0 Å². The van der Waals surface area contributed by atoms with Gasteiger partial charge < -0.3 is 0 Å². The Bertz CT molecular complexity index is 186. The van der Waals surface area contributed by atoms with E-state index in [1.807, 2.05) is 0 Å². The first kappa shape index (κ1) is 18.3. The van der Waals surface area contributed by atoms with E-state index < -0.39 is 44.8 Å². The number of rotatable bonds is 6. The summed E-state index contributed by atoms with van der Waals surface area (Å²) in [5, 5.41) is 0. The zero-order valence-electron chi connectivity index (χ0n) is 11.1. The molecule has 0 aromatic heterocycles. The number of hydrogen-bond donors (Lipinski definition) is 0. The first-order valence-corrected chi connectivity index (χ1v) is 31.6. The fraction of sp³-hybridized carbons (Fsp3) is 1.00. The minimum atomic E-state index is -1.57. The molecule has 0 saturated heterocycles. The van der Waals surface area contributed by atoms with Gasteiger partial charge in [0.25, 0.3) is 0 Å². The molecule has 0 fully saturated rings. The molecular formula is C10H26I2SiSn2. The number of halogens is 2. The molecule has 0 rings (SSSR count). The van der Waals surface area contributed by atoms with E-state index in [-0.39, 0.29) is 0 Å². The van der Waals surface area contributed by atoms with Crippen molar-refractivity contribution in [1.29, 1.82) is 0 Å². The number of alkyl halides is 2. The second-order valence-corrected chi connectivity index (χ2v) is 54.7. The van der Waals surface area contributed by atoms with Gasteiger partial charge in [0.05, 0.1) is 0 Å². The normalized spacial score (nSPS) is 14.4. The van der Waals surface area contributed by atoms with Crippen LogP contribution in [0.15, 0.2) is 0 Å². The third kappa shape index (κ3) is 8.90. The summed E-state index contributed by atoms with van der Waals surface area (Å²) in [6.45, 7) is 5.34. The molecule has 0 radical (unpaired) electrons. The van der Waals surface area contributed by atoms with Crippen molar-refractivity contribution in [3.63, 3.8) is 0 Å². The summed E-state index contributed by atoms with van der Waals surface area (Å²) in [7, 11) is -0.839. The number of hydrogen-bond acceptors (Lipinski definition) is 0. The van der Waals surface area contributed by atoms with Gasteiger partial charge in [-0.1, -0.05) is 0 Å². The molecule has 0 aliphatic heterocycles. The predicted molar refractivity (Wildman–Crippen MR) is 99.8 cm³/mol.